The number of para-hydroxylation sites is 1. The number of thiocarbonyl (C=S) groups is 1. The van der Waals surface area contributed by atoms with Crippen LogP contribution in [0.2, 0.25) is 0 Å². The lowest BCUT2D eigenvalue weighted by Crippen LogP contribution is -2.38. The van der Waals surface area contributed by atoms with E-state index in [-0.39, 0.29) is 11.0 Å². The SMILES string of the molecule is COc1cc(CNC(=S)NC(=O)c2ccc(OCCOc3ccccc3)cc2)ccc1OCCC(C)C. The predicted octanol–water partition coefficient (Wildman–Crippen LogP) is 5.38. The molecule has 0 unspecified atom stereocenters. The molecule has 2 N–H and O–H groups in total. The molecule has 0 heterocycles. The van der Waals surface area contributed by atoms with Gasteiger partial charge in [0.1, 0.15) is 24.7 Å². The van der Waals surface area contributed by atoms with E-state index in [1.165, 1.54) is 0 Å². The van der Waals surface area contributed by atoms with Gasteiger partial charge in [0.25, 0.3) is 5.91 Å². The van der Waals surface area contributed by atoms with Gasteiger partial charge in [-0.15, -0.1) is 0 Å². The van der Waals surface area contributed by atoms with Crippen molar-refractivity contribution in [3.8, 4) is 23.0 Å². The number of benzene rings is 3. The van der Waals surface area contributed by atoms with Crippen LogP contribution in [0.5, 0.6) is 23.0 Å². The first-order chi connectivity index (χ1) is 17.9. The predicted molar refractivity (Wildman–Crippen MR) is 149 cm³/mol. The smallest absolute Gasteiger partial charge is 0.257 e. The fourth-order valence-corrected chi connectivity index (χ4v) is 3.45. The van der Waals surface area contributed by atoms with Crippen molar-refractivity contribution in [2.24, 2.45) is 5.92 Å². The third kappa shape index (κ3) is 9.65. The van der Waals surface area contributed by atoms with Crippen molar-refractivity contribution in [1.29, 1.82) is 0 Å². The summed E-state index contributed by atoms with van der Waals surface area (Å²) < 4.78 is 22.6. The molecule has 7 nitrogen and oxygen atoms in total. The zero-order chi connectivity index (χ0) is 26.5. The van der Waals surface area contributed by atoms with Crippen molar-refractivity contribution in [1.82, 2.24) is 10.6 Å². The first-order valence-corrected chi connectivity index (χ1v) is 12.6. The molecule has 0 spiro atoms. The Morgan fingerprint density at radius 2 is 1.51 bits per heavy atom. The summed E-state index contributed by atoms with van der Waals surface area (Å²) in [7, 11) is 1.61. The summed E-state index contributed by atoms with van der Waals surface area (Å²) >= 11 is 5.30. The molecule has 1 amide bonds. The Bertz CT molecular complexity index is 1140. The number of nitrogens with one attached hydrogen (secondary N) is 2. The van der Waals surface area contributed by atoms with Crippen LogP contribution in [0, 0.1) is 5.92 Å². The highest BCUT2D eigenvalue weighted by Crippen LogP contribution is 2.28. The molecular formula is C29H34N2O5S. The number of rotatable bonds is 13. The average molecular weight is 523 g/mol. The molecular weight excluding hydrogens is 488 g/mol. The molecule has 3 aromatic carbocycles. The molecule has 0 aliphatic carbocycles. The molecule has 0 aromatic heterocycles. The molecule has 0 aliphatic rings. The van der Waals surface area contributed by atoms with Gasteiger partial charge in [0, 0.05) is 12.1 Å². The van der Waals surface area contributed by atoms with Gasteiger partial charge in [0.05, 0.1) is 13.7 Å². The minimum absolute atomic E-state index is 0.236. The molecule has 3 aromatic rings. The normalized spacial score (nSPS) is 10.5. The Morgan fingerprint density at radius 3 is 2.16 bits per heavy atom. The van der Waals surface area contributed by atoms with Gasteiger partial charge in [-0.2, -0.15) is 0 Å². The van der Waals surface area contributed by atoms with Crippen LogP contribution in [0.1, 0.15) is 36.2 Å². The Balaban J connectivity index is 1.40. The Hall–Kier alpha value is -3.78. The number of ether oxygens (including phenoxy) is 4. The van der Waals surface area contributed by atoms with E-state index in [1.54, 1.807) is 31.4 Å². The van der Waals surface area contributed by atoms with Gasteiger partial charge in [-0.1, -0.05) is 38.1 Å². The summed E-state index contributed by atoms with van der Waals surface area (Å²) in [5, 5.41) is 5.99. The van der Waals surface area contributed by atoms with Crippen molar-refractivity contribution in [2.45, 2.75) is 26.8 Å². The summed E-state index contributed by atoms with van der Waals surface area (Å²) in [4.78, 5) is 12.6. The van der Waals surface area contributed by atoms with Gasteiger partial charge in [-0.25, -0.2) is 0 Å². The summed E-state index contributed by atoms with van der Waals surface area (Å²) in [5.74, 6) is 3.08. The lowest BCUT2D eigenvalue weighted by atomic mass is 10.1. The second-order valence-corrected chi connectivity index (χ2v) is 9.10. The standard InChI is InChI=1S/C29H34N2O5S/c1-21(2)15-16-36-26-14-9-22(19-27(26)33-3)20-30-29(37)31-28(32)23-10-12-25(13-11-23)35-18-17-34-24-7-5-4-6-8-24/h4-14,19,21H,15-18,20H2,1-3H3,(H2,30,31,32,37). The molecule has 0 radical (unpaired) electrons. The van der Waals surface area contributed by atoms with Crippen molar-refractivity contribution in [3.05, 3.63) is 83.9 Å². The van der Waals surface area contributed by atoms with E-state index in [2.05, 4.69) is 24.5 Å². The molecule has 0 saturated heterocycles. The highest BCUT2D eigenvalue weighted by molar-refractivity contribution is 7.80. The summed E-state index contributed by atoms with van der Waals surface area (Å²) in [6.45, 7) is 6.20. The van der Waals surface area contributed by atoms with Gasteiger partial charge in [-0.05, 0) is 78.7 Å². The highest BCUT2D eigenvalue weighted by Gasteiger charge is 2.10. The van der Waals surface area contributed by atoms with Gasteiger partial charge in [0.15, 0.2) is 16.6 Å². The van der Waals surface area contributed by atoms with Crippen LogP contribution >= 0.6 is 12.2 Å². The highest BCUT2D eigenvalue weighted by atomic mass is 32.1. The summed E-state index contributed by atoms with van der Waals surface area (Å²) in [6, 6.07) is 22.1. The minimum Gasteiger partial charge on any atom is -0.493 e. The molecule has 196 valence electrons. The van der Waals surface area contributed by atoms with Gasteiger partial charge < -0.3 is 24.3 Å². The largest absolute Gasteiger partial charge is 0.493 e. The van der Waals surface area contributed by atoms with Crippen molar-refractivity contribution < 1.29 is 23.7 Å². The van der Waals surface area contributed by atoms with Crippen molar-refractivity contribution >= 4 is 23.2 Å². The molecule has 3 rings (SSSR count). The van der Waals surface area contributed by atoms with E-state index in [0.717, 1.165) is 17.7 Å². The summed E-state index contributed by atoms with van der Waals surface area (Å²) in [6.07, 6.45) is 0.972. The number of carbonyl (C=O) groups excluding carboxylic acids is 1. The van der Waals surface area contributed by atoms with Gasteiger partial charge in [-0.3, -0.25) is 10.1 Å². The minimum atomic E-state index is -0.303. The molecule has 37 heavy (non-hydrogen) atoms. The van der Waals surface area contributed by atoms with E-state index in [4.69, 9.17) is 31.2 Å². The van der Waals surface area contributed by atoms with E-state index in [1.807, 2.05) is 48.5 Å². The van der Waals surface area contributed by atoms with E-state index < -0.39 is 0 Å². The number of amides is 1. The number of hydrogen-bond acceptors (Lipinski definition) is 6. The lowest BCUT2D eigenvalue weighted by Gasteiger charge is -2.14. The first kappa shape index (κ1) is 27.8. The third-order valence-corrected chi connectivity index (χ3v) is 5.59. The second-order valence-electron chi connectivity index (χ2n) is 8.69. The zero-order valence-electron chi connectivity index (χ0n) is 21.5. The van der Waals surface area contributed by atoms with Crippen LogP contribution in [0.15, 0.2) is 72.8 Å². The average Bonchev–Trinajstić information content (AvgIpc) is 2.91. The van der Waals surface area contributed by atoms with Gasteiger partial charge >= 0.3 is 0 Å². The maximum Gasteiger partial charge on any atom is 0.257 e. The second kappa shape index (κ2) is 14.7. The van der Waals surface area contributed by atoms with Crippen LogP contribution in [0.25, 0.3) is 0 Å². The molecule has 0 atom stereocenters. The lowest BCUT2D eigenvalue weighted by molar-refractivity contribution is 0.0976. The van der Waals surface area contributed by atoms with E-state index in [0.29, 0.717) is 55.1 Å². The maximum atomic E-state index is 12.6. The Labute approximate surface area is 224 Å². The number of hydrogen-bond donors (Lipinski definition) is 2. The monoisotopic (exact) mass is 522 g/mol. The number of methoxy groups -OCH3 is 1. The van der Waals surface area contributed by atoms with Crippen LogP contribution in [-0.2, 0) is 6.54 Å². The zero-order valence-corrected chi connectivity index (χ0v) is 22.3. The fraction of sp³-hybridized carbons (Fsp3) is 0.310. The molecule has 8 heteroatoms. The van der Waals surface area contributed by atoms with Crippen LogP contribution in [-0.4, -0.2) is 38.0 Å². The maximum absolute atomic E-state index is 12.6. The Morgan fingerprint density at radius 1 is 0.838 bits per heavy atom. The van der Waals surface area contributed by atoms with E-state index >= 15 is 0 Å². The fourth-order valence-electron chi connectivity index (χ4n) is 3.29. The van der Waals surface area contributed by atoms with Crippen molar-refractivity contribution in [2.75, 3.05) is 26.9 Å². The van der Waals surface area contributed by atoms with Crippen LogP contribution in [0.3, 0.4) is 0 Å². The quantitative estimate of drug-likeness (QED) is 0.230. The van der Waals surface area contributed by atoms with Gasteiger partial charge in [0.2, 0.25) is 0 Å². The molecule has 0 aliphatic heterocycles. The van der Waals surface area contributed by atoms with Crippen LogP contribution in [0.4, 0.5) is 0 Å². The Kier molecular flexibility index (Phi) is 11.0. The van der Waals surface area contributed by atoms with Crippen molar-refractivity contribution in [3.63, 3.8) is 0 Å². The third-order valence-electron chi connectivity index (χ3n) is 5.34. The van der Waals surface area contributed by atoms with E-state index in [9.17, 15) is 4.79 Å². The first-order valence-electron chi connectivity index (χ1n) is 12.2. The molecule has 0 bridgehead atoms. The molecule has 0 fully saturated rings. The van der Waals surface area contributed by atoms with Crippen LogP contribution < -0.4 is 29.6 Å². The topological polar surface area (TPSA) is 78.1 Å². The summed E-state index contributed by atoms with van der Waals surface area (Å²) in [5.41, 5.74) is 1.42. The molecule has 0 saturated carbocycles. The number of carbonyl (C=O) groups is 1.